The van der Waals surface area contributed by atoms with Crippen LogP contribution in [0.5, 0.6) is 0 Å². The first-order chi connectivity index (χ1) is 7.33. The summed E-state index contributed by atoms with van der Waals surface area (Å²) in [7, 11) is 1.43. The minimum Gasteiger partial charge on any atom is -0.469 e. The normalized spacial score (nSPS) is 25.1. The number of carbonyl (C=O) groups is 1. The van der Waals surface area contributed by atoms with Crippen molar-refractivity contribution in [3.8, 4) is 0 Å². The summed E-state index contributed by atoms with van der Waals surface area (Å²) in [6.45, 7) is 1.46. The molecule has 1 fully saturated rings. The molecule has 1 N–H and O–H groups in total. The number of hydrogen-bond acceptors (Lipinski definition) is 4. The van der Waals surface area contributed by atoms with E-state index < -0.39 is 0 Å². The van der Waals surface area contributed by atoms with E-state index in [0.29, 0.717) is 6.54 Å². The third kappa shape index (κ3) is 1.99. The predicted octanol–water partition coefficient (Wildman–Crippen LogP) is 0.558. The van der Waals surface area contributed by atoms with Gasteiger partial charge in [-0.2, -0.15) is 0 Å². The fraction of sp³-hybridized carbons (Fsp3) is 0.455. The molecule has 1 aromatic rings. The summed E-state index contributed by atoms with van der Waals surface area (Å²) >= 11 is 0. The Kier molecular flexibility index (Phi) is 2.97. The first kappa shape index (κ1) is 10.1. The lowest BCUT2D eigenvalue weighted by Crippen LogP contribution is -2.23. The van der Waals surface area contributed by atoms with Crippen molar-refractivity contribution in [3.05, 3.63) is 30.1 Å². The minimum atomic E-state index is -0.157. The molecule has 1 aromatic heterocycles. The molecule has 80 valence electrons. The molecular formula is C11H14N2O2. The van der Waals surface area contributed by atoms with Crippen LogP contribution >= 0.6 is 0 Å². The van der Waals surface area contributed by atoms with Gasteiger partial charge < -0.3 is 10.1 Å². The van der Waals surface area contributed by atoms with Gasteiger partial charge in [-0.3, -0.25) is 9.78 Å². The fourth-order valence-corrected chi connectivity index (χ4v) is 1.98. The van der Waals surface area contributed by atoms with Crippen molar-refractivity contribution in [2.75, 3.05) is 20.2 Å². The summed E-state index contributed by atoms with van der Waals surface area (Å²) in [6.07, 6.45) is 1.75. The molecule has 0 spiro atoms. The van der Waals surface area contributed by atoms with Gasteiger partial charge in [-0.15, -0.1) is 0 Å². The SMILES string of the molecule is COC(=O)C1CNCC1c1ccccn1. The second-order valence-corrected chi connectivity index (χ2v) is 3.65. The molecule has 1 aliphatic rings. The second kappa shape index (κ2) is 4.40. The van der Waals surface area contributed by atoms with Gasteiger partial charge in [0.25, 0.3) is 0 Å². The second-order valence-electron chi connectivity index (χ2n) is 3.65. The summed E-state index contributed by atoms with van der Waals surface area (Å²) in [6, 6.07) is 5.77. The van der Waals surface area contributed by atoms with E-state index >= 15 is 0 Å². The predicted molar refractivity (Wildman–Crippen MR) is 55.4 cm³/mol. The Labute approximate surface area is 88.7 Å². The van der Waals surface area contributed by atoms with Crippen LogP contribution in [0.4, 0.5) is 0 Å². The van der Waals surface area contributed by atoms with Crippen molar-refractivity contribution in [2.45, 2.75) is 5.92 Å². The van der Waals surface area contributed by atoms with Gasteiger partial charge >= 0.3 is 5.97 Å². The van der Waals surface area contributed by atoms with Crippen LogP contribution in [0, 0.1) is 5.92 Å². The average Bonchev–Trinajstić information content (AvgIpc) is 2.78. The summed E-state index contributed by atoms with van der Waals surface area (Å²) < 4.78 is 4.78. The van der Waals surface area contributed by atoms with Crippen LogP contribution in [0.15, 0.2) is 24.4 Å². The van der Waals surface area contributed by atoms with Gasteiger partial charge in [0.15, 0.2) is 0 Å². The van der Waals surface area contributed by atoms with Crippen LogP contribution in [-0.2, 0) is 9.53 Å². The molecule has 0 saturated carbocycles. The standard InChI is InChI=1S/C11H14N2O2/c1-15-11(14)9-7-12-6-8(9)10-4-2-3-5-13-10/h2-5,8-9,12H,6-7H2,1H3. The van der Waals surface area contributed by atoms with E-state index in [1.807, 2.05) is 18.2 Å². The molecule has 0 radical (unpaired) electrons. The molecule has 0 bridgehead atoms. The van der Waals surface area contributed by atoms with Crippen molar-refractivity contribution in [2.24, 2.45) is 5.92 Å². The number of nitrogens with zero attached hydrogens (tertiary/aromatic N) is 1. The maximum atomic E-state index is 11.5. The van der Waals surface area contributed by atoms with E-state index in [2.05, 4.69) is 10.3 Å². The van der Waals surface area contributed by atoms with Gasteiger partial charge in [0, 0.05) is 30.9 Å². The lowest BCUT2D eigenvalue weighted by atomic mass is 9.92. The van der Waals surface area contributed by atoms with Crippen molar-refractivity contribution in [1.29, 1.82) is 0 Å². The molecular weight excluding hydrogens is 192 g/mol. The number of aromatic nitrogens is 1. The van der Waals surface area contributed by atoms with Gasteiger partial charge in [-0.1, -0.05) is 6.07 Å². The Hall–Kier alpha value is -1.42. The molecule has 0 aromatic carbocycles. The number of hydrogen-bond donors (Lipinski definition) is 1. The molecule has 2 atom stereocenters. The largest absolute Gasteiger partial charge is 0.469 e. The number of ether oxygens (including phenoxy) is 1. The lowest BCUT2D eigenvalue weighted by Gasteiger charge is -2.15. The highest BCUT2D eigenvalue weighted by Gasteiger charge is 2.35. The van der Waals surface area contributed by atoms with Crippen LogP contribution in [0.1, 0.15) is 11.6 Å². The zero-order valence-corrected chi connectivity index (χ0v) is 8.64. The maximum Gasteiger partial charge on any atom is 0.310 e. The molecule has 4 nitrogen and oxygen atoms in total. The number of rotatable bonds is 2. The third-order valence-corrected chi connectivity index (χ3v) is 2.79. The minimum absolute atomic E-state index is 0.107. The van der Waals surface area contributed by atoms with Gasteiger partial charge in [-0.05, 0) is 12.1 Å². The van der Waals surface area contributed by atoms with Gasteiger partial charge in [0.1, 0.15) is 0 Å². The highest BCUT2D eigenvalue weighted by Crippen LogP contribution is 2.27. The molecule has 2 heterocycles. The molecule has 4 heteroatoms. The Morgan fingerprint density at radius 3 is 3.07 bits per heavy atom. The quantitative estimate of drug-likeness (QED) is 0.718. The number of carbonyl (C=O) groups excluding carboxylic acids is 1. The van der Waals surface area contributed by atoms with E-state index in [9.17, 15) is 4.79 Å². The Morgan fingerprint density at radius 2 is 2.40 bits per heavy atom. The number of esters is 1. The first-order valence-electron chi connectivity index (χ1n) is 5.02. The average molecular weight is 206 g/mol. The molecule has 1 aliphatic heterocycles. The van der Waals surface area contributed by atoms with Gasteiger partial charge in [0.05, 0.1) is 13.0 Å². The van der Waals surface area contributed by atoms with Gasteiger partial charge in [-0.25, -0.2) is 0 Å². The third-order valence-electron chi connectivity index (χ3n) is 2.79. The molecule has 2 unspecified atom stereocenters. The van der Waals surface area contributed by atoms with Crippen molar-refractivity contribution in [1.82, 2.24) is 10.3 Å². The highest BCUT2D eigenvalue weighted by molar-refractivity contribution is 5.74. The molecule has 0 aliphatic carbocycles. The van der Waals surface area contributed by atoms with E-state index in [-0.39, 0.29) is 17.8 Å². The lowest BCUT2D eigenvalue weighted by molar-refractivity contribution is -0.145. The molecule has 15 heavy (non-hydrogen) atoms. The van der Waals surface area contributed by atoms with E-state index in [1.165, 1.54) is 7.11 Å². The number of nitrogens with one attached hydrogen (secondary N) is 1. The summed E-state index contributed by atoms with van der Waals surface area (Å²) in [5.41, 5.74) is 0.956. The Bertz CT molecular complexity index is 340. The zero-order valence-electron chi connectivity index (χ0n) is 8.64. The molecule has 2 rings (SSSR count). The van der Waals surface area contributed by atoms with Crippen LogP contribution in [0.25, 0.3) is 0 Å². The first-order valence-corrected chi connectivity index (χ1v) is 5.02. The van der Waals surface area contributed by atoms with Crippen molar-refractivity contribution >= 4 is 5.97 Å². The highest BCUT2D eigenvalue weighted by atomic mass is 16.5. The Balaban J connectivity index is 2.18. The van der Waals surface area contributed by atoms with Crippen molar-refractivity contribution < 1.29 is 9.53 Å². The maximum absolute atomic E-state index is 11.5. The fourth-order valence-electron chi connectivity index (χ4n) is 1.98. The van der Waals surface area contributed by atoms with Crippen LogP contribution in [-0.4, -0.2) is 31.2 Å². The van der Waals surface area contributed by atoms with Crippen LogP contribution in [0.2, 0.25) is 0 Å². The summed E-state index contributed by atoms with van der Waals surface area (Å²) in [5.74, 6) is -0.126. The van der Waals surface area contributed by atoms with E-state index in [1.54, 1.807) is 6.20 Å². The number of methoxy groups -OCH3 is 1. The van der Waals surface area contributed by atoms with E-state index in [4.69, 9.17) is 4.74 Å². The van der Waals surface area contributed by atoms with Crippen LogP contribution in [0.3, 0.4) is 0 Å². The Morgan fingerprint density at radius 1 is 1.53 bits per heavy atom. The molecule has 0 amide bonds. The zero-order chi connectivity index (χ0) is 10.7. The monoisotopic (exact) mass is 206 g/mol. The summed E-state index contributed by atoms with van der Waals surface area (Å²) in [5, 5.41) is 3.20. The van der Waals surface area contributed by atoms with Crippen LogP contribution < -0.4 is 5.32 Å². The van der Waals surface area contributed by atoms with E-state index in [0.717, 1.165) is 12.2 Å². The smallest absolute Gasteiger partial charge is 0.310 e. The molecule has 1 saturated heterocycles. The van der Waals surface area contributed by atoms with Crippen molar-refractivity contribution in [3.63, 3.8) is 0 Å². The summed E-state index contributed by atoms with van der Waals surface area (Å²) in [4.78, 5) is 15.8. The number of pyridine rings is 1. The topological polar surface area (TPSA) is 51.2 Å². The van der Waals surface area contributed by atoms with Gasteiger partial charge in [0.2, 0.25) is 0 Å².